The molecule has 0 saturated carbocycles. The Morgan fingerprint density at radius 1 is 1.11 bits per heavy atom. The van der Waals surface area contributed by atoms with Crippen molar-refractivity contribution in [3.8, 4) is 29.1 Å². The van der Waals surface area contributed by atoms with Gasteiger partial charge in [0.15, 0.2) is 23.0 Å². The molecule has 192 valence electrons. The summed E-state index contributed by atoms with van der Waals surface area (Å²) in [5.41, 5.74) is 0.423. The molecule has 1 aromatic heterocycles. The number of aryl methyl sites for hydroxylation is 1. The Labute approximate surface area is 216 Å². The summed E-state index contributed by atoms with van der Waals surface area (Å²) in [4.78, 5) is 23.5. The van der Waals surface area contributed by atoms with Gasteiger partial charge in [-0.1, -0.05) is 24.3 Å². The van der Waals surface area contributed by atoms with Gasteiger partial charge < -0.3 is 18.9 Å². The molecule has 1 heterocycles. The summed E-state index contributed by atoms with van der Waals surface area (Å²) >= 11 is 1.23. The molecular weight excluding hydrogens is 502 g/mol. The summed E-state index contributed by atoms with van der Waals surface area (Å²) in [5.74, 6) is 0.516. The van der Waals surface area contributed by atoms with Gasteiger partial charge in [0.05, 0.1) is 37.9 Å². The van der Waals surface area contributed by atoms with Gasteiger partial charge in [0, 0.05) is 0 Å². The molecule has 0 fully saturated rings. The second-order valence-electron chi connectivity index (χ2n) is 7.27. The minimum Gasteiger partial charge on any atom is -0.493 e. The summed E-state index contributed by atoms with van der Waals surface area (Å²) in [5, 5.41) is 32.5. The van der Waals surface area contributed by atoms with Crippen molar-refractivity contribution in [1.29, 1.82) is 5.26 Å². The van der Waals surface area contributed by atoms with Crippen LogP contribution in [0, 0.1) is 21.4 Å². The second kappa shape index (κ2) is 12.3. The van der Waals surface area contributed by atoms with E-state index < -0.39 is 10.8 Å². The smallest absolute Gasteiger partial charge is 0.280 e. The average molecular weight is 526 g/mol. The van der Waals surface area contributed by atoms with Crippen LogP contribution >= 0.6 is 11.3 Å². The normalized spacial score (nSPS) is 10.8. The number of anilines is 1. The number of hydrogen-bond donors (Lipinski definition) is 1. The molecule has 0 saturated heterocycles. The minimum absolute atomic E-state index is 0.148. The predicted molar refractivity (Wildman–Crippen MR) is 135 cm³/mol. The van der Waals surface area contributed by atoms with Gasteiger partial charge in [-0.15, -0.1) is 10.2 Å². The Morgan fingerprint density at radius 3 is 2.38 bits per heavy atom. The van der Waals surface area contributed by atoms with Gasteiger partial charge in [0.1, 0.15) is 23.3 Å². The number of nitriles is 1. The molecule has 3 aromatic rings. The molecule has 0 unspecified atom stereocenters. The Bertz CT molecular complexity index is 1380. The molecular formula is C24H23N5O7S. The SMILES string of the molecule is CCc1nnc(NC(=O)/C(C#N)=C\c2ccc(OCc3cc(OC)c(OC)cc3[N+](=O)[O-])c(OC)c2)s1. The Morgan fingerprint density at radius 2 is 1.78 bits per heavy atom. The summed E-state index contributed by atoms with van der Waals surface area (Å²) in [6, 6.07) is 9.37. The number of amides is 1. The first-order chi connectivity index (χ1) is 17.8. The molecule has 13 heteroatoms. The van der Waals surface area contributed by atoms with Crippen molar-refractivity contribution in [3.63, 3.8) is 0 Å². The van der Waals surface area contributed by atoms with E-state index in [1.54, 1.807) is 18.2 Å². The zero-order valence-electron chi connectivity index (χ0n) is 20.4. The monoisotopic (exact) mass is 525 g/mol. The second-order valence-corrected chi connectivity index (χ2v) is 8.33. The lowest BCUT2D eigenvalue weighted by Crippen LogP contribution is -2.13. The van der Waals surface area contributed by atoms with E-state index in [0.29, 0.717) is 34.4 Å². The lowest BCUT2D eigenvalue weighted by Gasteiger charge is -2.13. The predicted octanol–water partition coefficient (Wildman–Crippen LogP) is 4.16. The van der Waals surface area contributed by atoms with Crippen molar-refractivity contribution >= 4 is 34.1 Å². The van der Waals surface area contributed by atoms with Crippen LogP contribution in [-0.4, -0.2) is 42.4 Å². The molecule has 0 spiro atoms. The first kappa shape index (κ1) is 26.9. The fraction of sp³-hybridized carbons (Fsp3) is 0.250. The highest BCUT2D eigenvalue weighted by Crippen LogP contribution is 2.36. The molecule has 12 nitrogen and oxygen atoms in total. The lowest BCUT2D eigenvalue weighted by molar-refractivity contribution is -0.385. The van der Waals surface area contributed by atoms with E-state index in [4.69, 9.17) is 18.9 Å². The van der Waals surface area contributed by atoms with E-state index in [2.05, 4.69) is 15.5 Å². The van der Waals surface area contributed by atoms with Crippen LogP contribution in [0.25, 0.3) is 6.08 Å². The number of rotatable bonds is 11. The van der Waals surface area contributed by atoms with Gasteiger partial charge in [-0.25, -0.2) is 0 Å². The number of ether oxygens (including phenoxy) is 4. The number of carbonyl (C=O) groups is 1. The Balaban J connectivity index is 1.81. The number of aromatic nitrogens is 2. The summed E-state index contributed by atoms with van der Waals surface area (Å²) in [7, 11) is 4.24. The first-order valence-corrected chi connectivity index (χ1v) is 11.6. The van der Waals surface area contributed by atoms with Crippen LogP contribution in [-0.2, 0) is 17.8 Å². The fourth-order valence-electron chi connectivity index (χ4n) is 3.17. The number of nitro benzene ring substituents is 1. The standard InChI is InChI=1S/C24H23N5O7S/c1-5-22-27-28-24(37-22)26-23(30)15(12-25)8-14-6-7-18(19(9-14)33-2)36-13-16-10-20(34-3)21(35-4)11-17(16)29(31)32/h6-11H,5,13H2,1-4H3,(H,26,28,30)/b15-8-. The number of nitrogens with one attached hydrogen (secondary N) is 1. The Kier molecular flexibility index (Phi) is 8.95. The van der Waals surface area contributed by atoms with Crippen molar-refractivity contribution in [1.82, 2.24) is 10.2 Å². The molecule has 0 aliphatic heterocycles. The molecule has 37 heavy (non-hydrogen) atoms. The maximum Gasteiger partial charge on any atom is 0.280 e. The van der Waals surface area contributed by atoms with Gasteiger partial charge >= 0.3 is 0 Å². The van der Waals surface area contributed by atoms with E-state index in [0.717, 1.165) is 5.01 Å². The van der Waals surface area contributed by atoms with Crippen LogP contribution in [0.15, 0.2) is 35.9 Å². The highest BCUT2D eigenvalue weighted by molar-refractivity contribution is 7.15. The van der Waals surface area contributed by atoms with Crippen LogP contribution in [0.4, 0.5) is 10.8 Å². The third kappa shape index (κ3) is 6.50. The number of nitro groups is 1. The number of methoxy groups -OCH3 is 3. The molecule has 3 rings (SSSR count). The van der Waals surface area contributed by atoms with Crippen molar-refractivity contribution in [3.05, 3.63) is 62.2 Å². The zero-order valence-corrected chi connectivity index (χ0v) is 21.2. The minimum atomic E-state index is -0.624. The molecule has 0 aliphatic carbocycles. The summed E-state index contributed by atoms with van der Waals surface area (Å²) in [6.07, 6.45) is 2.07. The zero-order chi connectivity index (χ0) is 26.9. The molecule has 1 N–H and O–H groups in total. The van der Waals surface area contributed by atoms with Gasteiger partial charge in [-0.2, -0.15) is 5.26 Å². The van der Waals surface area contributed by atoms with Crippen LogP contribution in [0.1, 0.15) is 23.1 Å². The van der Waals surface area contributed by atoms with Gasteiger partial charge in [0.25, 0.3) is 11.6 Å². The largest absolute Gasteiger partial charge is 0.493 e. The highest BCUT2D eigenvalue weighted by Gasteiger charge is 2.21. The fourth-order valence-corrected chi connectivity index (χ4v) is 3.85. The van der Waals surface area contributed by atoms with Crippen molar-refractivity contribution in [2.45, 2.75) is 20.0 Å². The van der Waals surface area contributed by atoms with Crippen LogP contribution in [0.5, 0.6) is 23.0 Å². The topological polar surface area (TPSA) is 159 Å². The molecule has 0 atom stereocenters. The Hall–Kier alpha value is -4.70. The summed E-state index contributed by atoms with van der Waals surface area (Å²) < 4.78 is 21.6. The summed E-state index contributed by atoms with van der Waals surface area (Å²) in [6.45, 7) is 1.76. The molecule has 0 aliphatic rings. The van der Waals surface area contributed by atoms with Gasteiger partial charge in [-0.05, 0) is 36.3 Å². The molecule has 0 bridgehead atoms. The van der Waals surface area contributed by atoms with E-state index in [-0.39, 0.29) is 29.2 Å². The van der Waals surface area contributed by atoms with E-state index in [1.165, 1.54) is 50.9 Å². The average Bonchev–Trinajstić information content (AvgIpc) is 3.37. The quantitative estimate of drug-likeness (QED) is 0.167. The highest BCUT2D eigenvalue weighted by atomic mass is 32.1. The lowest BCUT2D eigenvalue weighted by atomic mass is 10.1. The van der Waals surface area contributed by atoms with E-state index in [9.17, 15) is 20.2 Å². The van der Waals surface area contributed by atoms with Crippen LogP contribution in [0.2, 0.25) is 0 Å². The van der Waals surface area contributed by atoms with Crippen molar-refractivity contribution in [2.75, 3.05) is 26.6 Å². The number of benzene rings is 2. The third-order valence-corrected chi connectivity index (χ3v) is 6.00. The number of hydrogen-bond acceptors (Lipinski definition) is 11. The van der Waals surface area contributed by atoms with Crippen molar-refractivity contribution in [2.24, 2.45) is 0 Å². The molecule has 2 aromatic carbocycles. The van der Waals surface area contributed by atoms with Crippen LogP contribution < -0.4 is 24.3 Å². The van der Waals surface area contributed by atoms with Gasteiger partial charge in [0.2, 0.25) is 5.13 Å². The first-order valence-electron chi connectivity index (χ1n) is 10.8. The maximum absolute atomic E-state index is 12.5. The molecule has 1 amide bonds. The number of nitrogens with zero attached hydrogens (tertiary/aromatic N) is 4. The number of carbonyl (C=O) groups excluding carboxylic acids is 1. The van der Waals surface area contributed by atoms with E-state index >= 15 is 0 Å². The maximum atomic E-state index is 12.5. The van der Waals surface area contributed by atoms with Crippen molar-refractivity contribution < 1.29 is 28.7 Å². The van der Waals surface area contributed by atoms with Gasteiger partial charge in [-0.3, -0.25) is 20.2 Å². The van der Waals surface area contributed by atoms with Crippen LogP contribution in [0.3, 0.4) is 0 Å². The third-order valence-electron chi connectivity index (χ3n) is 5.02. The molecule has 0 radical (unpaired) electrons. The van der Waals surface area contributed by atoms with E-state index in [1.807, 2.05) is 13.0 Å².